The van der Waals surface area contributed by atoms with Gasteiger partial charge in [-0.2, -0.15) is 0 Å². The van der Waals surface area contributed by atoms with E-state index in [0.29, 0.717) is 12.4 Å². The van der Waals surface area contributed by atoms with Gasteiger partial charge >= 0.3 is 0 Å². The molecule has 1 saturated heterocycles. The molecule has 15 heavy (non-hydrogen) atoms. The number of nitrogens with two attached hydrogens (primary N) is 1. The van der Waals surface area contributed by atoms with Crippen molar-refractivity contribution in [1.82, 2.24) is 4.98 Å². The molecule has 1 aromatic rings. The molecule has 4 heteroatoms. The summed E-state index contributed by atoms with van der Waals surface area (Å²) in [6, 6.07) is 0. The minimum Gasteiger partial charge on any atom is -0.441 e. The maximum atomic E-state index is 5.77. The molecule has 84 valence electrons. The van der Waals surface area contributed by atoms with E-state index in [-0.39, 0.29) is 5.60 Å². The molecule has 0 radical (unpaired) electrons. The smallest absolute Gasteiger partial charge is 0.226 e. The third-order valence-corrected chi connectivity index (χ3v) is 3.00. The zero-order valence-corrected chi connectivity index (χ0v) is 9.38. The molecule has 2 rings (SSSR count). The molecule has 1 aliphatic rings. The average Bonchev–Trinajstić information content (AvgIpc) is 2.61. The second-order valence-electron chi connectivity index (χ2n) is 4.27. The van der Waals surface area contributed by atoms with Gasteiger partial charge in [0.25, 0.3) is 0 Å². The molecule has 0 bridgehead atoms. The normalized spacial score (nSPS) is 26.9. The van der Waals surface area contributed by atoms with E-state index in [1.54, 1.807) is 0 Å². The Bertz CT molecular complexity index is 340. The van der Waals surface area contributed by atoms with E-state index < -0.39 is 0 Å². The fourth-order valence-electron chi connectivity index (χ4n) is 1.95. The minimum atomic E-state index is -0.351. The van der Waals surface area contributed by atoms with Gasteiger partial charge in [-0.25, -0.2) is 4.98 Å². The lowest BCUT2D eigenvalue weighted by atomic mass is 9.96. The first-order valence-corrected chi connectivity index (χ1v) is 5.46. The lowest BCUT2D eigenvalue weighted by Crippen LogP contribution is -2.30. The molecule has 0 spiro atoms. The fraction of sp³-hybridized carbons (Fsp3) is 0.727. The highest BCUT2D eigenvalue weighted by Gasteiger charge is 2.35. The maximum Gasteiger partial charge on any atom is 0.226 e. The monoisotopic (exact) mass is 210 g/mol. The number of rotatable bonds is 2. The number of nitrogens with zero attached hydrogens (tertiary/aromatic N) is 1. The van der Waals surface area contributed by atoms with Crippen LogP contribution in [0, 0.1) is 6.92 Å². The molecular formula is C11H18N2O2. The number of hydrogen-bond donors (Lipinski definition) is 1. The molecule has 2 N–H and O–H groups in total. The summed E-state index contributed by atoms with van der Waals surface area (Å²) >= 11 is 0. The number of ether oxygens (including phenoxy) is 1. The van der Waals surface area contributed by atoms with Crippen LogP contribution in [0.15, 0.2) is 4.42 Å². The van der Waals surface area contributed by atoms with Crippen molar-refractivity contribution in [3.8, 4) is 0 Å². The quantitative estimate of drug-likeness (QED) is 0.809. The molecule has 0 aliphatic carbocycles. The highest BCUT2D eigenvalue weighted by molar-refractivity contribution is 5.11. The van der Waals surface area contributed by atoms with Crippen LogP contribution in [0.3, 0.4) is 0 Å². The highest BCUT2D eigenvalue weighted by atomic mass is 16.5. The molecule has 2 heterocycles. The summed E-state index contributed by atoms with van der Waals surface area (Å²) in [7, 11) is 0. The number of aryl methyl sites for hydroxylation is 1. The van der Waals surface area contributed by atoms with Crippen molar-refractivity contribution in [2.45, 2.75) is 45.3 Å². The Morgan fingerprint density at radius 3 is 2.80 bits per heavy atom. The molecule has 4 nitrogen and oxygen atoms in total. The van der Waals surface area contributed by atoms with Gasteiger partial charge < -0.3 is 14.9 Å². The second-order valence-corrected chi connectivity index (χ2v) is 4.27. The molecule has 1 aliphatic heterocycles. The predicted molar refractivity (Wildman–Crippen MR) is 56.3 cm³/mol. The Hall–Kier alpha value is -0.870. The number of oxazole rings is 1. The zero-order chi connectivity index (χ0) is 10.9. The fourth-order valence-corrected chi connectivity index (χ4v) is 1.95. The van der Waals surface area contributed by atoms with E-state index >= 15 is 0 Å². The van der Waals surface area contributed by atoms with Crippen LogP contribution in [0.2, 0.25) is 0 Å². The lowest BCUT2D eigenvalue weighted by Gasteiger charge is -2.30. The number of aromatic nitrogens is 1. The van der Waals surface area contributed by atoms with Crippen molar-refractivity contribution < 1.29 is 9.15 Å². The van der Waals surface area contributed by atoms with Gasteiger partial charge in [-0.3, -0.25) is 0 Å². The van der Waals surface area contributed by atoms with Gasteiger partial charge in [-0.05, 0) is 33.1 Å². The van der Waals surface area contributed by atoms with E-state index in [9.17, 15) is 0 Å². The van der Waals surface area contributed by atoms with Crippen LogP contribution in [0.4, 0.5) is 0 Å². The molecule has 1 aromatic heterocycles. The second kappa shape index (κ2) is 3.94. The van der Waals surface area contributed by atoms with Crippen molar-refractivity contribution in [2.75, 3.05) is 6.61 Å². The Balaban J connectivity index is 2.27. The van der Waals surface area contributed by atoms with E-state index in [0.717, 1.165) is 37.3 Å². The molecule has 0 saturated carbocycles. The van der Waals surface area contributed by atoms with Gasteiger partial charge in [0.1, 0.15) is 11.4 Å². The van der Waals surface area contributed by atoms with E-state index in [1.165, 1.54) is 0 Å². The average molecular weight is 210 g/mol. The largest absolute Gasteiger partial charge is 0.441 e. The summed E-state index contributed by atoms with van der Waals surface area (Å²) in [6.45, 7) is 5.14. The van der Waals surface area contributed by atoms with E-state index in [2.05, 4.69) is 4.98 Å². The van der Waals surface area contributed by atoms with E-state index in [4.69, 9.17) is 14.9 Å². The molecular weight excluding hydrogens is 192 g/mol. The summed E-state index contributed by atoms with van der Waals surface area (Å²) in [5.41, 5.74) is 6.09. The van der Waals surface area contributed by atoms with Crippen LogP contribution in [-0.2, 0) is 16.9 Å². The SMILES string of the molecule is Cc1nc(C2(C)CCCCO2)oc1CN. The van der Waals surface area contributed by atoms with Crippen LogP contribution in [-0.4, -0.2) is 11.6 Å². The lowest BCUT2D eigenvalue weighted by molar-refractivity contribution is -0.0870. The first kappa shape index (κ1) is 10.6. The standard InChI is InChI=1S/C11H18N2O2/c1-8-9(7-12)15-10(13-8)11(2)5-3-4-6-14-11/h3-7,12H2,1-2H3. The Morgan fingerprint density at radius 2 is 2.27 bits per heavy atom. The number of hydrogen-bond acceptors (Lipinski definition) is 4. The first-order chi connectivity index (χ1) is 7.15. The predicted octanol–water partition coefficient (Wildman–Crippen LogP) is 1.86. The first-order valence-electron chi connectivity index (χ1n) is 5.46. The topological polar surface area (TPSA) is 61.3 Å². The summed E-state index contributed by atoms with van der Waals surface area (Å²) in [5.74, 6) is 1.44. The van der Waals surface area contributed by atoms with Gasteiger partial charge in [-0.1, -0.05) is 0 Å². The Kier molecular flexibility index (Phi) is 2.80. The van der Waals surface area contributed by atoms with Crippen LogP contribution in [0.1, 0.15) is 43.5 Å². The van der Waals surface area contributed by atoms with E-state index in [1.807, 2.05) is 13.8 Å². The maximum absolute atomic E-state index is 5.77. The third kappa shape index (κ3) is 1.92. The van der Waals surface area contributed by atoms with Crippen LogP contribution in [0.25, 0.3) is 0 Å². The molecule has 1 unspecified atom stereocenters. The molecule has 0 aromatic carbocycles. The highest BCUT2D eigenvalue weighted by Crippen LogP contribution is 2.34. The zero-order valence-electron chi connectivity index (χ0n) is 9.38. The van der Waals surface area contributed by atoms with Crippen molar-refractivity contribution in [3.63, 3.8) is 0 Å². The Labute approximate surface area is 89.8 Å². The van der Waals surface area contributed by atoms with Gasteiger partial charge in [0.05, 0.1) is 12.2 Å². The van der Waals surface area contributed by atoms with Crippen molar-refractivity contribution in [2.24, 2.45) is 5.73 Å². The summed E-state index contributed by atoms with van der Waals surface area (Å²) in [4.78, 5) is 4.41. The van der Waals surface area contributed by atoms with Gasteiger partial charge in [-0.15, -0.1) is 0 Å². The van der Waals surface area contributed by atoms with Crippen molar-refractivity contribution in [3.05, 3.63) is 17.3 Å². The third-order valence-electron chi connectivity index (χ3n) is 3.00. The Morgan fingerprint density at radius 1 is 1.47 bits per heavy atom. The summed E-state index contributed by atoms with van der Waals surface area (Å²) in [6.07, 6.45) is 3.26. The van der Waals surface area contributed by atoms with Crippen molar-refractivity contribution >= 4 is 0 Å². The van der Waals surface area contributed by atoms with Crippen molar-refractivity contribution in [1.29, 1.82) is 0 Å². The van der Waals surface area contributed by atoms with Gasteiger partial charge in [0, 0.05) is 6.61 Å². The molecule has 0 amide bonds. The minimum absolute atomic E-state index is 0.351. The van der Waals surface area contributed by atoms with Crippen LogP contribution >= 0.6 is 0 Å². The van der Waals surface area contributed by atoms with Crippen LogP contribution in [0.5, 0.6) is 0 Å². The summed E-state index contributed by atoms with van der Waals surface area (Å²) in [5, 5.41) is 0. The van der Waals surface area contributed by atoms with Crippen LogP contribution < -0.4 is 5.73 Å². The van der Waals surface area contributed by atoms with Gasteiger partial charge in [0.2, 0.25) is 5.89 Å². The molecule has 1 fully saturated rings. The van der Waals surface area contributed by atoms with Gasteiger partial charge in [0.15, 0.2) is 0 Å². The summed E-state index contributed by atoms with van der Waals surface area (Å²) < 4.78 is 11.4. The molecule has 1 atom stereocenters.